The minimum atomic E-state index is -0.478. The summed E-state index contributed by atoms with van der Waals surface area (Å²) in [5.74, 6) is -0.478. The molecule has 0 amide bonds. The summed E-state index contributed by atoms with van der Waals surface area (Å²) in [4.78, 5) is 22.0. The first-order valence-electron chi connectivity index (χ1n) is 5.87. The summed E-state index contributed by atoms with van der Waals surface area (Å²) < 4.78 is 6.63. The van der Waals surface area contributed by atoms with Crippen LogP contribution in [0, 0.1) is 17.0 Å². The second-order valence-corrected chi connectivity index (χ2v) is 4.36. The van der Waals surface area contributed by atoms with Crippen LogP contribution >= 0.6 is 0 Å². The van der Waals surface area contributed by atoms with Gasteiger partial charge < -0.3 is 4.74 Å². The Hall–Kier alpha value is -2.70. The highest BCUT2D eigenvalue weighted by Gasteiger charge is 2.12. The number of hydrogen-bond acceptors (Lipinski definition) is 5. The molecule has 20 heavy (non-hydrogen) atoms. The molecule has 1 aromatic heterocycles. The molecule has 2 aromatic rings. The highest BCUT2D eigenvalue weighted by atomic mass is 16.6. The average molecular weight is 275 g/mol. The maximum absolute atomic E-state index is 11.7. The zero-order chi connectivity index (χ0) is 14.7. The van der Waals surface area contributed by atoms with Crippen LogP contribution in [0.25, 0.3) is 0 Å². The second-order valence-electron chi connectivity index (χ2n) is 4.36. The Balaban J connectivity index is 2.02. The molecular formula is C13H13N3O4. The molecule has 0 saturated heterocycles. The van der Waals surface area contributed by atoms with E-state index in [2.05, 4.69) is 5.10 Å². The Morgan fingerprint density at radius 2 is 2.25 bits per heavy atom. The lowest BCUT2D eigenvalue weighted by Crippen LogP contribution is -2.04. The van der Waals surface area contributed by atoms with Gasteiger partial charge in [0.25, 0.3) is 5.69 Å². The van der Waals surface area contributed by atoms with Gasteiger partial charge in [0.15, 0.2) is 0 Å². The van der Waals surface area contributed by atoms with Crippen LogP contribution in [0.2, 0.25) is 0 Å². The summed E-state index contributed by atoms with van der Waals surface area (Å²) in [6.45, 7) is 1.71. The zero-order valence-corrected chi connectivity index (χ0v) is 11.1. The minimum Gasteiger partial charge on any atom is -0.457 e. The van der Waals surface area contributed by atoms with Crippen LogP contribution in [0.5, 0.6) is 0 Å². The van der Waals surface area contributed by atoms with Crippen LogP contribution in [0.3, 0.4) is 0 Å². The van der Waals surface area contributed by atoms with E-state index in [9.17, 15) is 14.9 Å². The number of aryl methyl sites for hydroxylation is 2. The van der Waals surface area contributed by atoms with Gasteiger partial charge in [0.1, 0.15) is 6.61 Å². The number of hydrogen-bond donors (Lipinski definition) is 0. The molecule has 0 unspecified atom stereocenters. The van der Waals surface area contributed by atoms with E-state index < -0.39 is 10.9 Å². The summed E-state index contributed by atoms with van der Waals surface area (Å²) in [6, 6.07) is 4.61. The summed E-state index contributed by atoms with van der Waals surface area (Å²) in [7, 11) is 1.70. The van der Waals surface area contributed by atoms with Crippen molar-refractivity contribution < 1.29 is 14.5 Å². The number of aromatic nitrogens is 2. The van der Waals surface area contributed by atoms with Crippen molar-refractivity contribution >= 4 is 11.7 Å². The first-order chi connectivity index (χ1) is 9.47. The number of benzene rings is 1. The number of nitro groups is 1. The molecule has 7 heteroatoms. The fourth-order valence-electron chi connectivity index (χ4n) is 1.77. The van der Waals surface area contributed by atoms with Crippen molar-refractivity contribution in [2.75, 3.05) is 0 Å². The number of nitrogens with zero attached hydrogens (tertiary/aromatic N) is 3. The van der Waals surface area contributed by atoms with Crippen molar-refractivity contribution in [3.05, 3.63) is 57.4 Å². The van der Waals surface area contributed by atoms with Crippen molar-refractivity contribution in [2.45, 2.75) is 13.5 Å². The van der Waals surface area contributed by atoms with Crippen molar-refractivity contribution in [2.24, 2.45) is 7.05 Å². The van der Waals surface area contributed by atoms with Gasteiger partial charge in [-0.25, -0.2) is 4.79 Å². The molecule has 1 aromatic carbocycles. The van der Waals surface area contributed by atoms with E-state index in [-0.39, 0.29) is 12.3 Å². The van der Waals surface area contributed by atoms with Gasteiger partial charge in [0.05, 0.1) is 16.7 Å². The van der Waals surface area contributed by atoms with Gasteiger partial charge >= 0.3 is 5.97 Å². The fraction of sp³-hybridized carbons (Fsp3) is 0.231. The first kappa shape index (κ1) is 13.7. The van der Waals surface area contributed by atoms with Gasteiger partial charge in [-0.1, -0.05) is 0 Å². The lowest BCUT2D eigenvalue weighted by atomic mass is 10.1. The van der Waals surface area contributed by atoms with E-state index in [4.69, 9.17) is 4.74 Å². The Labute approximate surface area is 114 Å². The topological polar surface area (TPSA) is 87.3 Å². The van der Waals surface area contributed by atoms with E-state index in [1.54, 1.807) is 32.3 Å². The minimum absolute atomic E-state index is 0.0485. The second kappa shape index (κ2) is 5.52. The predicted molar refractivity (Wildman–Crippen MR) is 70.2 cm³/mol. The average Bonchev–Trinajstić information content (AvgIpc) is 2.82. The molecule has 0 N–H and O–H groups in total. The molecule has 0 aliphatic heterocycles. The lowest BCUT2D eigenvalue weighted by Gasteiger charge is -2.05. The molecule has 1 heterocycles. The summed E-state index contributed by atoms with van der Waals surface area (Å²) in [5.41, 5.74) is 1.65. The van der Waals surface area contributed by atoms with Crippen LogP contribution in [-0.4, -0.2) is 20.7 Å². The van der Waals surface area contributed by atoms with Crippen molar-refractivity contribution in [1.82, 2.24) is 9.78 Å². The standard InChI is InChI=1S/C13H13N3O4/c1-9-5-10(3-4-12(9)16(18)19)8-20-13(17)11-6-14-15(2)7-11/h3-7H,8H2,1-2H3. The summed E-state index contributed by atoms with van der Waals surface area (Å²) in [5, 5.41) is 14.6. The van der Waals surface area contributed by atoms with Crippen molar-refractivity contribution in [3.8, 4) is 0 Å². The van der Waals surface area contributed by atoms with Gasteiger partial charge in [0.2, 0.25) is 0 Å². The first-order valence-corrected chi connectivity index (χ1v) is 5.87. The van der Waals surface area contributed by atoms with Gasteiger partial charge in [-0.15, -0.1) is 0 Å². The number of ether oxygens (including phenoxy) is 1. The Morgan fingerprint density at radius 1 is 1.50 bits per heavy atom. The lowest BCUT2D eigenvalue weighted by molar-refractivity contribution is -0.385. The van der Waals surface area contributed by atoms with Gasteiger partial charge in [-0.3, -0.25) is 14.8 Å². The van der Waals surface area contributed by atoms with Crippen LogP contribution < -0.4 is 0 Å². The Kier molecular flexibility index (Phi) is 3.79. The molecule has 0 radical (unpaired) electrons. The molecule has 0 bridgehead atoms. The predicted octanol–water partition coefficient (Wildman–Crippen LogP) is 1.99. The monoisotopic (exact) mass is 275 g/mol. The molecule has 0 aliphatic rings. The normalized spacial score (nSPS) is 10.3. The van der Waals surface area contributed by atoms with E-state index in [0.717, 1.165) is 0 Å². The molecular weight excluding hydrogens is 262 g/mol. The van der Waals surface area contributed by atoms with Crippen LogP contribution in [0.15, 0.2) is 30.6 Å². The fourth-order valence-corrected chi connectivity index (χ4v) is 1.77. The van der Waals surface area contributed by atoms with E-state index in [0.29, 0.717) is 16.7 Å². The Bertz CT molecular complexity index is 663. The summed E-state index contributed by atoms with van der Waals surface area (Å²) >= 11 is 0. The third-order valence-corrected chi connectivity index (χ3v) is 2.77. The molecule has 0 fully saturated rings. The smallest absolute Gasteiger partial charge is 0.341 e. The molecule has 0 saturated carbocycles. The number of esters is 1. The molecule has 0 spiro atoms. The Morgan fingerprint density at radius 3 is 2.80 bits per heavy atom. The third-order valence-electron chi connectivity index (χ3n) is 2.77. The number of rotatable bonds is 4. The van der Waals surface area contributed by atoms with E-state index in [1.807, 2.05) is 0 Å². The molecule has 2 rings (SSSR count). The van der Waals surface area contributed by atoms with E-state index >= 15 is 0 Å². The molecule has 0 aliphatic carbocycles. The third kappa shape index (κ3) is 3.00. The largest absolute Gasteiger partial charge is 0.457 e. The maximum Gasteiger partial charge on any atom is 0.341 e. The zero-order valence-electron chi connectivity index (χ0n) is 11.1. The van der Waals surface area contributed by atoms with Crippen molar-refractivity contribution in [1.29, 1.82) is 0 Å². The van der Waals surface area contributed by atoms with Gasteiger partial charge in [-0.2, -0.15) is 5.10 Å². The van der Waals surface area contributed by atoms with Gasteiger partial charge in [0, 0.05) is 24.9 Å². The number of carbonyl (C=O) groups excluding carboxylic acids is 1. The van der Waals surface area contributed by atoms with Crippen molar-refractivity contribution in [3.63, 3.8) is 0 Å². The number of carbonyl (C=O) groups is 1. The highest BCUT2D eigenvalue weighted by molar-refractivity contribution is 5.88. The van der Waals surface area contributed by atoms with Crippen LogP contribution in [-0.2, 0) is 18.4 Å². The molecule has 7 nitrogen and oxygen atoms in total. The number of nitro benzene ring substituents is 1. The highest BCUT2D eigenvalue weighted by Crippen LogP contribution is 2.19. The maximum atomic E-state index is 11.7. The quantitative estimate of drug-likeness (QED) is 0.483. The SMILES string of the molecule is Cc1cc(COC(=O)c2cnn(C)c2)ccc1[N+](=O)[O-]. The molecule has 104 valence electrons. The van der Waals surface area contributed by atoms with E-state index in [1.165, 1.54) is 16.9 Å². The van der Waals surface area contributed by atoms with Gasteiger partial charge in [-0.05, 0) is 24.6 Å². The van der Waals surface area contributed by atoms with Crippen LogP contribution in [0.4, 0.5) is 5.69 Å². The summed E-state index contributed by atoms with van der Waals surface area (Å²) in [6.07, 6.45) is 2.98. The molecule has 0 atom stereocenters. The van der Waals surface area contributed by atoms with Crippen LogP contribution in [0.1, 0.15) is 21.5 Å².